The van der Waals surface area contributed by atoms with Crippen LogP contribution in [0.15, 0.2) is 60.7 Å². The van der Waals surface area contributed by atoms with Gasteiger partial charge >= 0.3 is 5.97 Å². The van der Waals surface area contributed by atoms with Crippen LogP contribution in [0, 0.1) is 11.6 Å². The molecule has 3 aromatic rings. The molecule has 10 heteroatoms. The summed E-state index contributed by atoms with van der Waals surface area (Å²) in [5.74, 6) is -2.51. The first-order valence-electron chi connectivity index (χ1n) is 9.83. The minimum Gasteiger partial charge on any atom is -0.481 e. The lowest BCUT2D eigenvalue weighted by atomic mass is 9.91. The van der Waals surface area contributed by atoms with E-state index in [0.717, 1.165) is 0 Å². The van der Waals surface area contributed by atoms with Crippen molar-refractivity contribution in [1.82, 2.24) is 20.2 Å². The Morgan fingerprint density at radius 3 is 2.03 bits per heavy atom. The average Bonchev–Trinajstić information content (AvgIpc) is 3.18. The van der Waals surface area contributed by atoms with Crippen molar-refractivity contribution in [3.05, 3.63) is 89.3 Å². The Morgan fingerprint density at radius 2 is 1.58 bits per heavy atom. The van der Waals surface area contributed by atoms with E-state index >= 15 is 0 Å². The molecule has 8 nitrogen and oxygen atoms in total. The van der Waals surface area contributed by atoms with Gasteiger partial charge in [-0.25, -0.2) is 13.5 Å². The van der Waals surface area contributed by atoms with E-state index in [9.17, 15) is 23.5 Å². The molecule has 2 N–H and O–H groups in total. The van der Waals surface area contributed by atoms with Gasteiger partial charge in [0.05, 0.1) is 6.10 Å². The molecule has 0 saturated carbocycles. The molecule has 1 heterocycles. The van der Waals surface area contributed by atoms with E-state index in [1.54, 1.807) is 31.3 Å². The number of ketones is 1. The number of tetrazole rings is 1. The third kappa shape index (κ3) is 6.23. The maximum Gasteiger partial charge on any atom is 0.310 e. The summed E-state index contributed by atoms with van der Waals surface area (Å²) in [5, 5.41) is 30.5. The zero-order chi connectivity index (χ0) is 24.0. The third-order valence-electron chi connectivity index (χ3n) is 4.67. The molecule has 0 amide bonds. The van der Waals surface area contributed by atoms with E-state index < -0.39 is 42.3 Å². The zero-order valence-electron chi connectivity index (χ0n) is 17.5. The third-order valence-corrected chi connectivity index (χ3v) is 4.67. The number of Topliss-reactive ketones (excluding diaryl/α,β-unsaturated/α-hetero) is 1. The highest BCUT2D eigenvalue weighted by Crippen LogP contribution is 2.32. The Balaban J connectivity index is 2.14. The monoisotopic (exact) mass is 454 g/mol. The molecule has 0 aliphatic carbocycles. The summed E-state index contributed by atoms with van der Waals surface area (Å²) in [5.41, 5.74) is 2.07. The fourth-order valence-electron chi connectivity index (χ4n) is 3.19. The van der Waals surface area contributed by atoms with Crippen molar-refractivity contribution in [3.8, 4) is 0 Å². The summed E-state index contributed by atoms with van der Waals surface area (Å²) >= 11 is 0. The number of carbonyl (C=O) groups is 2. The summed E-state index contributed by atoms with van der Waals surface area (Å²) in [7, 11) is 1.60. The number of halogens is 2. The molecule has 2 aromatic carbocycles. The van der Waals surface area contributed by atoms with Gasteiger partial charge in [0.2, 0.25) is 0 Å². The van der Waals surface area contributed by atoms with Crippen LogP contribution in [-0.4, -0.2) is 48.3 Å². The predicted molar refractivity (Wildman–Crippen MR) is 115 cm³/mol. The quantitative estimate of drug-likeness (QED) is 0.377. The van der Waals surface area contributed by atoms with Crippen LogP contribution in [0.25, 0.3) is 11.1 Å². The Labute approximate surface area is 187 Å². The van der Waals surface area contributed by atoms with E-state index in [1.165, 1.54) is 41.1 Å². The molecule has 0 unspecified atom stereocenters. The molecule has 0 aliphatic rings. The average molecular weight is 454 g/mol. The first kappa shape index (κ1) is 23.6. The minimum atomic E-state index is -1.28. The number of carboxylic acid groups (broad SMARTS) is 1. The Morgan fingerprint density at radius 1 is 1.03 bits per heavy atom. The highest BCUT2D eigenvalue weighted by Gasteiger charge is 2.18. The number of aromatic nitrogens is 4. The summed E-state index contributed by atoms with van der Waals surface area (Å²) in [6.07, 6.45) is 0.450. The molecule has 1 aromatic heterocycles. The molecule has 170 valence electrons. The summed E-state index contributed by atoms with van der Waals surface area (Å²) in [6.45, 7) is 0. The first-order chi connectivity index (χ1) is 15.7. The van der Waals surface area contributed by atoms with E-state index in [4.69, 9.17) is 5.11 Å². The predicted octanol–water partition coefficient (Wildman–Crippen LogP) is 2.80. The van der Waals surface area contributed by atoms with Crippen LogP contribution in [0.1, 0.15) is 29.8 Å². The smallest absolute Gasteiger partial charge is 0.310 e. The number of aliphatic hydroxyl groups excluding tert-OH is 1. The molecule has 0 radical (unpaired) electrons. The molecule has 0 bridgehead atoms. The van der Waals surface area contributed by atoms with Gasteiger partial charge in [0, 0.05) is 19.0 Å². The lowest BCUT2D eigenvalue weighted by molar-refractivity contribution is -0.140. The molecule has 33 heavy (non-hydrogen) atoms. The van der Waals surface area contributed by atoms with Gasteiger partial charge in [0.1, 0.15) is 23.8 Å². The fourth-order valence-corrected chi connectivity index (χ4v) is 3.19. The first-order valence-corrected chi connectivity index (χ1v) is 9.83. The molecule has 1 atom stereocenters. The second-order valence-corrected chi connectivity index (χ2v) is 7.17. The molecule has 0 saturated heterocycles. The number of aliphatic carboxylic acids is 1. The number of nitrogens with zero attached hydrogens (tertiary/aromatic N) is 4. The lowest BCUT2D eigenvalue weighted by Crippen LogP contribution is -2.14. The van der Waals surface area contributed by atoms with Gasteiger partial charge in [-0.3, -0.25) is 9.59 Å². The van der Waals surface area contributed by atoms with Crippen molar-refractivity contribution < 1.29 is 28.6 Å². The van der Waals surface area contributed by atoms with Gasteiger partial charge in [-0.2, -0.15) is 0 Å². The second-order valence-electron chi connectivity index (χ2n) is 7.17. The van der Waals surface area contributed by atoms with Gasteiger partial charge in [-0.15, -0.1) is 5.10 Å². The van der Waals surface area contributed by atoms with E-state index in [0.29, 0.717) is 28.1 Å². The van der Waals surface area contributed by atoms with Gasteiger partial charge < -0.3 is 10.2 Å². The normalized spacial score (nSPS) is 12.0. The SMILES string of the molecule is Cn1nnnc1C(C=C[C@@H](O)CC(=O)CC(=O)O)=C(c1ccc(F)cc1)c1ccc(F)cc1. The number of rotatable bonds is 9. The second kappa shape index (κ2) is 10.5. The van der Waals surface area contributed by atoms with Gasteiger partial charge in [-0.1, -0.05) is 36.4 Å². The van der Waals surface area contributed by atoms with Crippen LogP contribution in [-0.2, 0) is 16.6 Å². The largest absolute Gasteiger partial charge is 0.481 e. The molecule has 3 rings (SSSR count). The molecule has 0 aliphatic heterocycles. The maximum atomic E-state index is 13.6. The molecular formula is C23H20F2N4O4. The van der Waals surface area contributed by atoms with E-state index in [2.05, 4.69) is 15.5 Å². The Kier molecular flexibility index (Phi) is 7.52. The summed E-state index contributed by atoms with van der Waals surface area (Å²) in [6, 6.07) is 11.3. The number of aliphatic hydroxyl groups is 1. The lowest BCUT2D eigenvalue weighted by Gasteiger charge is -2.14. The van der Waals surface area contributed by atoms with Crippen LogP contribution in [0.2, 0.25) is 0 Å². The van der Waals surface area contributed by atoms with Crippen molar-refractivity contribution in [3.63, 3.8) is 0 Å². The summed E-state index contributed by atoms with van der Waals surface area (Å²) in [4.78, 5) is 22.4. The van der Waals surface area contributed by atoms with E-state index in [1.807, 2.05) is 0 Å². The Hall–Kier alpha value is -4.05. The fraction of sp³-hybridized carbons (Fsp3) is 0.174. The van der Waals surface area contributed by atoms with E-state index in [-0.39, 0.29) is 0 Å². The topological polar surface area (TPSA) is 118 Å². The number of carboxylic acids is 1. The number of benzene rings is 2. The summed E-state index contributed by atoms with van der Waals surface area (Å²) < 4.78 is 28.6. The van der Waals surface area contributed by atoms with Crippen molar-refractivity contribution >= 4 is 22.9 Å². The van der Waals surface area contributed by atoms with Crippen LogP contribution in [0.3, 0.4) is 0 Å². The minimum absolute atomic E-state index is 0.291. The number of aryl methyl sites for hydroxylation is 1. The highest BCUT2D eigenvalue weighted by molar-refractivity contribution is 6.01. The zero-order valence-corrected chi connectivity index (χ0v) is 17.5. The molecule has 0 fully saturated rings. The Bertz CT molecular complexity index is 1150. The van der Waals surface area contributed by atoms with Crippen molar-refractivity contribution in [2.45, 2.75) is 18.9 Å². The molecular weight excluding hydrogens is 434 g/mol. The number of carbonyl (C=O) groups excluding carboxylic acids is 1. The van der Waals surface area contributed by atoms with Crippen LogP contribution < -0.4 is 0 Å². The standard InChI is InChI=1S/C23H20F2N4O4/c1-29-23(26-27-28-29)20(11-10-18(30)12-19(31)13-21(32)33)22(14-2-6-16(24)7-3-14)15-4-8-17(25)9-5-15/h2-11,18,30H,12-13H2,1H3,(H,32,33)/t18-/m1/s1. The van der Waals surface area contributed by atoms with Crippen molar-refractivity contribution in [1.29, 1.82) is 0 Å². The van der Waals surface area contributed by atoms with Crippen LogP contribution in [0.4, 0.5) is 8.78 Å². The highest BCUT2D eigenvalue weighted by atomic mass is 19.1. The van der Waals surface area contributed by atoms with Crippen molar-refractivity contribution in [2.75, 3.05) is 0 Å². The van der Waals surface area contributed by atoms with Crippen LogP contribution >= 0.6 is 0 Å². The van der Waals surface area contributed by atoms with Gasteiger partial charge in [0.25, 0.3) is 0 Å². The van der Waals surface area contributed by atoms with Gasteiger partial charge in [0.15, 0.2) is 5.82 Å². The number of hydrogen-bond acceptors (Lipinski definition) is 6. The van der Waals surface area contributed by atoms with Crippen LogP contribution in [0.5, 0.6) is 0 Å². The molecule has 0 spiro atoms. The maximum absolute atomic E-state index is 13.6. The van der Waals surface area contributed by atoms with Gasteiger partial charge in [-0.05, 0) is 51.4 Å². The number of allylic oxidation sites excluding steroid dienone is 2. The van der Waals surface area contributed by atoms with Crippen molar-refractivity contribution in [2.24, 2.45) is 7.05 Å². The number of hydrogen-bond donors (Lipinski definition) is 2.